The Hall–Kier alpha value is -3.02. The summed E-state index contributed by atoms with van der Waals surface area (Å²) in [5.74, 6) is 0.173. The number of rotatable bonds is 5. The van der Waals surface area contributed by atoms with Gasteiger partial charge < -0.3 is 20.4 Å². The molecule has 2 aromatic rings. The van der Waals surface area contributed by atoms with Crippen LogP contribution in [-0.2, 0) is 11.2 Å². The summed E-state index contributed by atoms with van der Waals surface area (Å²) in [6, 6.07) is 15.9. The predicted octanol–water partition coefficient (Wildman–Crippen LogP) is 3.51. The number of anilines is 3. The lowest BCUT2D eigenvalue weighted by Crippen LogP contribution is -2.44. The van der Waals surface area contributed by atoms with Gasteiger partial charge >= 0.3 is 6.03 Å². The van der Waals surface area contributed by atoms with Crippen LogP contribution in [0.25, 0.3) is 0 Å². The number of benzene rings is 2. The SMILES string of the molecule is CC(CN1CCCC1=O)NC(=O)Nc1ccccc1N1CCc2ccccc21. The highest BCUT2D eigenvalue weighted by Crippen LogP contribution is 2.38. The number of amides is 3. The van der Waals surface area contributed by atoms with Gasteiger partial charge in [0.25, 0.3) is 0 Å². The van der Waals surface area contributed by atoms with Crippen LogP contribution >= 0.6 is 0 Å². The van der Waals surface area contributed by atoms with E-state index in [1.807, 2.05) is 42.2 Å². The zero-order chi connectivity index (χ0) is 19.5. The molecule has 6 nitrogen and oxygen atoms in total. The number of hydrogen-bond donors (Lipinski definition) is 2. The monoisotopic (exact) mass is 378 g/mol. The van der Waals surface area contributed by atoms with Crippen LogP contribution < -0.4 is 15.5 Å². The minimum absolute atomic E-state index is 0.110. The summed E-state index contributed by atoms with van der Waals surface area (Å²) >= 11 is 0. The maximum Gasteiger partial charge on any atom is 0.319 e. The van der Waals surface area contributed by atoms with Crippen molar-refractivity contribution >= 4 is 29.0 Å². The standard InChI is InChI=1S/C22H26N4O2/c1-16(15-25-13-6-11-21(25)27)23-22(28)24-18-8-3-5-10-20(18)26-14-12-17-7-2-4-9-19(17)26/h2-5,7-10,16H,6,11-15H2,1H3,(H2,23,24,28). The van der Waals surface area contributed by atoms with Gasteiger partial charge in [-0.05, 0) is 43.5 Å². The molecule has 0 spiro atoms. The first-order valence-electron chi connectivity index (χ1n) is 9.91. The van der Waals surface area contributed by atoms with Gasteiger partial charge in [0.1, 0.15) is 0 Å². The van der Waals surface area contributed by atoms with E-state index in [1.54, 1.807) is 0 Å². The molecule has 2 aliphatic rings. The molecular weight excluding hydrogens is 352 g/mol. The van der Waals surface area contributed by atoms with Gasteiger partial charge in [-0.1, -0.05) is 30.3 Å². The first-order valence-corrected chi connectivity index (χ1v) is 9.91. The highest BCUT2D eigenvalue weighted by Gasteiger charge is 2.24. The van der Waals surface area contributed by atoms with Crippen LogP contribution in [0.15, 0.2) is 48.5 Å². The number of likely N-dealkylation sites (tertiary alicyclic amines) is 1. The van der Waals surface area contributed by atoms with Gasteiger partial charge in [-0.3, -0.25) is 4.79 Å². The van der Waals surface area contributed by atoms with Crippen LogP contribution in [0.5, 0.6) is 0 Å². The van der Waals surface area contributed by atoms with Crippen LogP contribution in [0.1, 0.15) is 25.3 Å². The third-order valence-electron chi connectivity index (χ3n) is 5.37. The molecule has 6 heteroatoms. The van der Waals surface area contributed by atoms with Crippen LogP contribution in [-0.4, -0.2) is 42.5 Å². The van der Waals surface area contributed by atoms with E-state index in [-0.39, 0.29) is 18.0 Å². The first kappa shape index (κ1) is 18.3. The van der Waals surface area contributed by atoms with Gasteiger partial charge in [0.15, 0.2) is 0 Å². The minimum Gasteiger partial charge on any atom is -0.341 e. The quantitative estimate of drug-likeness (QED) is 0.837. The molecule has 4 rings (SSSR count). The Morgan fingerprint density at radius 1 is 1.04 bits per heavy atom. The fraction of sp³-hybridized carbons (Fsp3) is 0.364. The molecule has 0 aliphatic carbocycles. The van der Waals surface area contributed by atoms with E-state index >= 15 is 0 Å². The topological polar surface area (TPSA) is 64.7 Å². The summed E-state index contributed by atoms with van der Waals surface area (Å²) in [4.78, 5) is 28.4. The van der Waals surface area contributed by atoms with Crippen molar-refractivity contribution in [1.82, 2.24) is 10.2 Å². The fourth-order valence-corrected chi connectivity index (χ4v) is 4.06. The zero-order valence-electron chi connectivity index (χ0n) is 16.1. The molecule has 2 heterocycles. The smallest absolute Gasteiger partial charge is 0.319 e. The molecule has 1 fully saturated rings. The Bertz CT molecular complexity index is 882. The second kappa shape index (κ2) is 7.92. The predicted molar refractivity (Wildman–Crippen MR) is 111 cm³/mol. The number of hydrogen-bond acceptors (Lipinski definition) is 3. The number of para-hydroxylation sites is 3. The summed E-state index contributed by atoms with van der Waals surface area (Å²) in [6.07, 6.45) is 2.52. The van der Waals surface area contributed by atoms with Crippen molar-refractivity contribution in [2.24, 2.45) is 0 Å². The van der Waals surface area contributed by atoms with Gasteiger partial charge in [-0.15, -0.1) is 0 Å². The van der Waals surface area contributed by atoms with E-state index in [9.17, 15) is 9.59 Å². The van der Waals surface area contributed by atoms with Crippen LogP contribution in [0.4, 0.5) is 21.9 Å². The molecule has 0 aromatic heterocycles. The largest absolute Gasteiger partial charge is 0.341 e. The average Bonchev–Trinajstić information content (AvgIpc) is 3.28. The van der Waals surface area contributed by atoms with Gasteiger partial charge in [-0.2, -0.15) is 0 Å². The average molecular weight is 378 g/mol. The Kier molecular flexibility index (Phi) is 5.19. The summed E-state index contributed by atoms with van der Waals surface area (Å²) in [5.41, 5.74) is 4.29. The van der Waals surface area contributed by atoms with Crippen molar-refractivity contribution in [3.63, 3.8) is 0 Å². The fourth-order valence-electron chi connectivity index (χ4n) is 4.06. The summed E-state index contributed by atoms with van der Waals surface area (Å²) in [6.45, 7) is 4.15. The highest BCUT2D eigenvalue weighted by atomic mass is 16.2. The van der Waals surface area contributed by atoms with Crippen molar-refractivity contribution < 1.29 is 9.59 Å². The van der Waals surface area contributed by atoms with Crippen molar-refractivity contribution in [3.8, 4) is 0 Å². The molecule has 2 N–H and O–H groups in total. The van der Waals surface area contributed by atoms with E-state index in [2.05, 4.69) is 33.7 Å². The number of carbonyl (C=O) groups excluding carboxylic acids is 2. The maximum atomic E-state index is 12.5. The molecular formula is C22H26N4O2. The Balaban J connectivity index is 1.43. The molecule has 2 aromatic carbocycles. The van der Waals surface area contributed by atoms with Crippen LogP contribution in [0.3, 0.4) is 0 Å². The molecule has 28 heavy (non-hydrogen) atoms. The molecule has 0 radical (unpaired) electrons. The first-order chi connectivity index (χ1) is 13.6. The molecule has 1 atom stereocenters. The van der Waals surface area contributed by atoms with E-state index < -0.39 is 0 Å². The number of nitrogens with one attached hydrogen (secondary N) is 2. The molecule has 1 unspecified atom stereocenters. The summed E-state index contributed by atoms with van der Waals surface area (Å²) < 4.78 is 0. The van der Waals surface area contributed by atoms with Crippen molar-refractivity contribution in [2.75, 3.05) is 29.9 Å². The lowest BCUT2D eigenvalue weighted by Gasteiger charge is -2.24. The Labute approximate surface area is 165 Å². The maximum absolute atomic E-state index is 12.5. The van der Waals surface area contributed by atoms with Gasteiger partial charge in [0.05, 0.1) is 11.4 Å². The molecule has 1 saturated heterocycles. The van der Waals surface area contributed by atoms with Crippen LogP contribution in [0.2, 0.25) is 0 Å². The Morgan fingerprint density at radius 2 is 1.79 bits per heavy atom. The third kappa shape index (κ3) is 3.81. The molecule has 2 aliphatic heterocycles. The second-order valence-electron chi connectivity index (χ2n) is 7.49. The minimum atomic E-state index is -0.251. The molecule has 146 valence electrons. The van der Waals surface area contributed by atoms with Gasteiger partial charge in [0.2, 0.25) is 5.91 Å². The summed E-state index contributed by atoms with van der Waals surface area (Å²) in [5, 5.41) is 5.94. The lowest BCUT2D eigenvalue weighted by atomic mass is 10.2. The normalized spacial score (nSPS) is 16.8. The number of nitrogens with zero attached hydrogens (tertiary/aromatic N) is 2. The van der Waals surface area contributed by atoms with Crippen molar-refractivity contribution in [3.05, 3.63) is 54.1 Å². The zero-order valence-corrected chi connectivity index (χ0v) is 16.1. The van der Waals surface area contributed by atoms with E-state index in [0.717, 1.165) is 37.3 Å². The van der Waals surface area contributed by atoms with E-state index in [1.165, 1.54) is 11.3 Å². The molecule has 0 bridgehead atoms. The van der Waals surface area contributed by atoms with Crippen molar-refractivity contribution in [1.29, 1.82) is 0 Å². The summed E-state index contributed by atoms with van der Waals surface area (Å²) in [7, 11) is 0. The highest BCUT2D eigenvalue weighted by molar-refractivity contribution is 5.94. The van der Waals surface area contributed by atoms with E-state index in [4.69, 9.17) is 0 Å². The van der Waals surface area contributed by atoms with Crippen LogP contribution in [0, 0.1) is 0 Å². The van der Waals surface area contributed by atoms with Gasteiger partial charge in [0, 0.05) is 37.8 Å². The van der Waals surface area contributed by atoms with E-state index in [0.29, 0.717) is 13.0 Å². The van der Waals surface area contributed by atoms with Crippen molar-refractivity contribution in [2.45, 2.75) is 32.2 Å². The molecule has 3 amide bonds. The second-order valence-corrected chi connectivity index (χ2v) is 7.49. The number of fused-ring (bicyclic) bond motifs is 1. The van der Waals surface area contributed by atoms with Gasteiger partial charge in [-0.25, -0.2) is 4.79 Å². The lowest BCUT2D eigenvalue weighted by molar-refractivity contribution is -0.127. The Morgan fingerprint density at radius 3 is 2.57 bits per heavy atom. The third-order valence-corrected chi connectivity index (χ3v) is 5.37. The number of carbonyl (C=O) groups is 2. The molecule has 0 saturated carbocycles. The number of urea groups is 1.